The van der Waals surface area contributed by atoms with Gasteiger partial charge in [-0.2, -0.15) is 17.0 Å². The van der Waals surface area contributed by atoms with Crippen LogP contribution in [-0.4, -0.2) is 105 Å². The molecule has 0 radical (unpaired) electrons. The number of methoxy groups -OCH3 is 1. The van der Waals surface area contributed by atoms with Gasteiger partial charge in [-0.25, -0.2) is 0 Å². The molecule has 3 fully saturated rings. The van der Waals surface area contributed by atoms with Crippen LogP contribution in [0.15, 0.2) is 42.5 Å². The van der Waals surface area contributed by atoms with Gasteiger partial charge in [-0.05, 0) is 68.1 Å². The second-order valence-electron chi connectivity index (χ2n) is 11.0. The van der Waals surface area contributed by atoms with E-state index < -0.39 is 10.2 Å². The Morgan fingerprint density at radius 2 is 1.59 bits per heavy atom. The van der Waals surface area contributed by atoms with Gasteiger partial charge in [0.25, 0.3) is 10.2 Å². The molecule has 7 nitrogen and oxygen atoms in total. The summed E-state index contributed by atoms with van der Waals surface area (Å²) in [6.07, 6.45) is 1.90. The molecule has 2 unspecified atom stereocenters. The van der Waals surface area contributed by atoms with E-state index in [0.717, 1.165) is 32.5 Å². The predicted molar refractivity (Wildman–Crippen MR) is 149 cm³/mol. The quantitative estimate of drug-likeness (QED) is 0.578. The summed E-state index contributed by atoms with van der Waals surface area (Å²) in [6, 6.07) is 15.8. The van der Waals surface area contributed by atoms with E-state index in [4.69, 9.17) is 4.74 Å². The van der Waals surface area contributed by atoms with Gasteiger partial charge < -0.3 is 9.64 Å². The van der Waals surface area contributed by atoms with Gasteiger partial charge in [0.2, 0.25) is 0 Å². The summed E-state index contributed by atoms with van der Waals surface area (Å²) in [5.74, 6) is 0.246. The molecule has 202 valence electrons. The van der Waals surface area contributed by atoms with E-state index in [-0.39, 0.29) is 18.0 Å². The molecule has 0 spiro atoms. The minimum atomic E-state index is -3.48. The molecular weight excluding hydrogens is 484 g/mol. The summed E-state index contributed by atoms with van der Waals surface area (Å²) < 4.78 is 36.5. The minimum Gasteiger partial charge on any atom is -0.383 e. The fraction of sp³-hybridized carbons (Fsp3) is 0.586. The van der Waals surface area contributed by atoms with Crippen LogP contribution in [0.25, 0.3) is 11.1 Å². The van der Waals surface area contributed by atoms with E-state index in [2.05, 4.69) is 73.2 Å². The SMILES string of the molecule is COCC1[C@@H](c2ccc(-c3cccc(C)c3C)cc2)C2CN(S(=O)(=O)N3CCN(C)CC3)CCCCN12. The van der Waals surface area contributed by atoms with Crippen LogP contribution in [0.2, 0.25) is 0 Å². The second-order valence-corrected chi connectivity index (χ2v) is 12.9. The van der Waals surface area contributed by atoms with Crippen molar-refractivity contribution in [3.63, 3.8) is 0 Å². The predicted octanol–water partition coefficient (Wildman–Crippen LogP) is 3.34. The van der Waals surface area contributed by atoms with Crippen LogP contribution in [0.1, 0.15) is 35.4 Å². The van der Waals surface area contributed by atoms with Gasteiger partial charge in [0.1, 0.15) is 0 Å². The number of piperazine rings is 1. The number of ether oxygens (including phenoxy) is 1. The van der Waals surface area contributed by atoms with Crippen LogP contribution >= 0.6 is 0 Å². The van der Waals surface area contributed by atoms with Gasteiger partial charge >= 0.3 is 0 Å². The highest BCUT2D eigenvalue weighted by molar-refractivity contribution is 7.86. The fourth-order valence-electron chi connectivity index (χ4n) is 6.40. The van der Waals surface area contributed by atoms with Crippen molar-refractivity contribution in [2.24, 2.45) is 0 Å². The highest BCUT2D eigenvalue weighted by Crippen LogP contribution is 2.43. The first kappa shape index (κ1) is 26.8. The molecule has 0 saturated carbocycles. The molecule has 37 heavy (non-hydrogen) atoms. The van der Waals surface area contributed by atoms with Crippen LogP contribution in [0.4, 0.5) is 0 Å². The summed E-state index contributed by atoms with van der Waals surface area (Å²) >= 11 is 0. The number of likely N-dealkylation sites (N-methyl/N-ethyl adjacent to an activating group) is 1. The van der Waals surface area contributed by atoms with E-state index in [1.165, 1.54) is 27.8 Å². The zero-order valence-electron chi connectivity index (χ0n) is 22.8. The average molecular weight is 527 g/mol. The standard InChI is InChI=1S/C29H42N4O3S/c1-22-8-7-9-26(23(22)2)24-10-12-25(13-11-24)29-27-20-32(14-5-6-15-33(27)28(29)21-36-4)37(34,35)31-18-16-30(3)17-19-31/h7-13,27-29H,5-6,14-21H2,1-4H3/t27?,28?,29-/m0/s1. The highest BCUT2D eigenvalue weighted by Gasteiger charge is 2.51. The van der Waals surface area contributed by atoms with Gasteiger partial charge in [0.15, 0.2) is 0 Å². The second kappa shape index (κ2) is 11.1. The maximum atomic E-state index is 13.7. The third kappa shape index (κ3) is 5.24. The summed E-state index contributed by atoms with van der Waals surface area (Å²) in [4.78, 5) is 4.69. The third-order valence-electron chi connectivity index (χ3n) is 8.81. The lowest BCUT2D eigenvalue weighted by Crippen LogP contribution is -2.68. The number of hydrogen-bond acceptors (Lipinski definition) is 5. The van der Waals surface area contributed by atoms with Crippen molar-refractivity contribution in [2.75, 3.05) is 66.6 Å². The van der Waals surface area contributed by atoms with Crippen molar-refractivity contribution < 1.29 is 13.2 Å². The smallest absolute Gasteiger partial charge is 0.282 e. The molecule has 3 heterocycles. The topological polar surface area (TPSA) is 56.3 Å². The number of rotatable bonds is 6. The number of aryl methyl sites for hydroxylation is 1. The largest absolute Gasteiger partial charge is 0.383 e. The molecule has 3 atom stereocenters. The molecule has 0 bridgehead atoms. The van der Waals surface area contributed by atoms with Crippen molar-refractivity contribution in [1.82, 2.24) is 18.4 Å². The molecule has 8 heteroatoms. The van der Waals surface area contributed by atoms with Crippen molar-refractivity contribution in [3.8, 4) is 11.1 Å². The number of hydrogen-bond donors (Lipinski definition) is 0. The number of benzene rings is 2. The Hall–Kier alpha value is -1.81. The normalized spacial score (nSPS) is 26.8. The minimum absolute atomic E-state index is 0.161. The van der Waals surface area contributed by atoms with Crippen molar-refractivity contribution >= 4 is 10.2 Å². The maximum absolute atomic E-state index is 13.7. The number of nitrogens with zero attached hydrogens (tertiary/aromatic N) is 4. The van der Waals surface area contributed by atoms with Crippen LogP contribution < -0.4 is 0 Å². The van der Waals surface area contributed by atoms with Crippen LogP contribution in [0, 0.1) is 13.8 Å². The summed E-state index contributed by atoms with van der Waals surface area (Å²) in [5, 5.41) is 0. The average Bonchev–Trinajstić information content (AvgIpc) is 2.87. The first-order valence-electron chi connectivity index (χ1n) is 13.7. The first-order chi connectivity index (χ1) is 17.8. The zero-order chi connectivity index (χ0) is 26.2. The Balaban J connectivity index is 1.40. The van der Waals surface area contributed by atoms with Crippen LogP contribution in [0.3, 0.4) is 0 Å². The summed E-state index contributed by atoms with van der Waals surface area (Å²) in [5.41, 5.74) is 6.38. The van der Waals surface area contributed by atoms with Crippen molar-refractivity contribution in [1.29, 1.82) is 0 Å². The lowest BCUT2D eigenvalue weighted by molar-refractivity contribution is -0.0639. The Kier molecular flexibility index (Phi) is 8.05. The first-order valence-corrected chi connectivity index (χ1v) is 15.1. The Bertz CT molecular complexity index is 1180. The highest BCUT2D eigenvalue weighted by atomic mass is 32.2. The van der Waals surface area contributed by atoms with Crippen LogP contribution in [0.5, 0.6) is 0 Å². The van der Waals surface area contributed by atoms with E-state index in [1.807, 2.05) is 0 Å². The molecular formula is C29H42N4O3S. The fourth-order valence-corrected chi connectivity index (χ4v) is 8.05. The third-order valence-corrected chi connectivity index (χ3v) is 10.8. The molecule has 2 aromatic carbocycles. The Morgan fingerprint density at radius 3 is 2.30 bits per heavy atom. The Labute approximate surface area is 223 Å². The Morgan fingerprint density at radius 1 is 0.892 bits per heavy atom. The van der Waals surface area contributed by atoms with Gasteiger partial charge in [0.05, 0.1) is 6.61 Å². The molecule has 0 N–H and O–H groups in total. The summed E-state index contributed by atoms with van der Waals surface area (Å²) in [6.45, 7) is 9.84. The van der Waals surface area contributed by atoms with E-state index in [1.54, 1.807) is 15.7 Å². The van der Waals surface area contributed by atoms with Crippen molar-refractivity contribution in [3.05, 3.63) is 59.2 Å². The molecule has 3 aliphatic rings. The molecule has 3 saturated heterocycles. The van der Waals surface area contributed by atoms with Crippen LogP contribution in [-0.2, 0) is 14.9 Å². The molecule has 2 aromatic rings. The molecule has 0 aliphatic carbocycles. The molecule has 5 rings (SSSR count). The molecule has 0 amide bonds. The van der Waals surface area contributed by atoms with E-state index in [9.17, 15) is 8.42 Å². The zero-order valence-corrected chi connectivity index (χ0v) is 23.6. The molecule has 0 aromatic heterocycles. The van der Waals surface area contributed by atoms with E-state index >= 15 is 0 Å². The van der Waals surface area contributed by atoms with E-state index in [0.29, 0.717) is 32.8 Å². The van der Waals surface area contributed by atoms with Gasteiger partial charge in [-0.1, -0.05) is 42.5 Å². The van der Waals surface area contributed by atoms with Gasteiger partial charge in [0, 0.05) is 64.4 Å². The lowest BCUT2D eigenvalue weighted by Gasteiger charge is -2.57. The number of fused-ring (bicyclic) bond motifs is 1. The monoisotopic (exact) mass is 526 g/mol. The maximum Gasteiger partial charge on any atom is 0.282 e. The van der Waals surface area contributed by atoms with Gasteiger partial charge in [-0.15, -0.1) is 0 Å². The van der Waals surface area contributed by atoms with Crippen molar-refractivity contribution in [2.45, 2.75) is 44.7 Å². The summed E-state index contributed by atoms with van der Waals surface area (Å²) in [7, 11) is 0.345. The molecule has 3 aliphatic heterocycles. The lowest BCUT2D eigenvalue weighted by atomic mass is 9.74. The van der Waals surface area contributed by atoms with Gasteiger partial charge in [-0.3, -0.25) is 4.90 Å².